The molecule has 0 atom stereocenters. The third kappa shape index (κ3) is 11.6. The molecular weight excluding hydrogens is 286 g/mol. The molecule has 0 aliphatic carbocycles. The Morgan fingerprint density at radius 2 is 1.67 bits per heavy atom. The molecule has 5 nitrogen and oxygen atoms in total. The van der Waals surface area contributed by atoms with E-state index in [-0.39, 0.29) is 11.8 Å². The fourth-order valence-corrected chi connectivity index (χ4v) is 2.15. The minimum Gasteiger partial charge on any atom is -0.337 e. The van der Waals surface area contributed by atoms with Crippen molar-refractivity contribution in [3.8, 4) is 0 Å². The quantitative estimate of drug-likeness (QED) is 0.483. The van der Waals surface area contributed by atoms with Crippen molar-refractivity contribution in [1.82, 2.24) is 16.0 Å². The highest BCUT2D eigenvalue weighted by Crippen LogP contribution is 2.04. The first kappa shape index (κ1) is 20.2. The molecule has 0 saturated carbocycles. The minimum atomic E-state index is -0.811. The fraction of sp³-hybridized carbons (Fsp3) is 0.867. The van der Waals surface area contributed by atoms with Crippen LogP contribution in [0, 0.1) is 0 Å². The van der Waals surface area contributed by atoms with Crippen LogP contribution in [0.4, 0.5) is 4.79 Å². The molecule has 0 aliphatic heterocycles. The van der Waals surface area contributed by atoms with Crippen LogP contribution >= 0.6 is 11.8 Å². The van der Waals surface area contributed by atoms with Crippen LogP contribution in [0.2, 0.25) is 0 Å². The topological polar surface area (TPSA) is 70.2 Å². The molecule has 0 saturated heterocycles. The number of Topliss-reactive ketones (excluding diaryl/α,β-unsaturated/α-hetero) is 1. The zero-order chi connectivity index (χ0) is 16.1. The number of thioether (sulfide) groups is 1. The lowest BCUT2D eigenvalue weighted by Crippen LogP contribution is -2.53. The van der Waals surface area contributed by atoms with E-state index >= 15 is 0 Å². The van der Waals surface area contributed by atoms with E-state index in [4.69, 9.17) is 0 Å². The summed E-state index contributed by atoms with van der Waals surface area (Å²) >= 11 is 1.90. The Morgan fingerprint density at radius 1 is 1.00 bits per heavy atom. The third-order valence-electron chi connectivity index (χ3n) is 3.35. The molecule has 0 unspecified atom stereocenters. The summed E-state index contributed by atoms with van der Waals surface area (Å²) in [6.45, 7) is 7.17. The van der Waals surface area contributed by atoms with Crippen LogP contribution in [0.25, 0.3) is 0 Å². The molecule has 0 fully saturated rings. The lowest BCUT2D eigenvalue weighted by atomic mass is 10.0. The van der Waals surface area contributed by atoms with Gasteiger partial charge in [0.25, 0.3) is 0 Å². The van der Waals surface area contributed by atoms with E-state index in [1.807, 2.05) is 11.8 Å². The fourth-order valence-electron chi connectivity index (χ4n) is 1.66. The minimum absolute atomic E-state index is 0.0581. The molecule has 0 rings (SSSR count). The molecule has 0 radical (unpaired) electrons. The van der Waals surface area contributed by atoms with Crippen molar-refractivity contribution in [2.75, 3.05) is 31.6 Å². The maximum Gasteiger partial charge on any atom is 0.315 e. The number of hydrogen-bond acceptors (Lipinski definition) is 4. The summed E-state index contributed by atoms with van der Waals surface area (Å²) in [6.07, 6.45) is 7.17. The average Bonchev–Trinajstić information content (AvgIpc) is 2.40. The van der Waals surface area contributed by atoms with Gasteiger partial charge in [-0.1, -0.05) is 12.8 Å². The van der Waals surface area contributed by atoms with Gasteiger partial charge in [-0.25, -0.2) is 4.79 Å². The van der Waals surface area contributed by atoms with E-state index in [2.05, 4.69) is 22.2 Å². The predicted molar refractivity (Wildman–Crippen MR) is 91.0 cm³/mol. The largest absolute Gasteiger partial charge is 0.337 e. The highest BCUT2D eigenvalue weighted by molar-refractivity contribution is 7.98. The van der Waals surface area contributed by atoms with Gasteiger partial charge in [0.2, 0.25) is 0 Å². The molecular formula is C15H31N3O2S. The van der Waals surface area contributed by atoms with Crippen molar-refractivity contribution in [1.29, 1.82) is 0 Å². The second-order valence-corrected chi connectivity index (χ2v) is 6.70. The normalized spacial score (nSPS) is 11.2. The van der Waals surface area contributed by atoms with Gasteiger partial charge in [0.05, 0.1) is 5.54 Å². The van der Waals surface area contributed by atoms with Gasteiger partial charge in [0, 0.05) is 13.1 Å². The smallest absolute Gasteiger partial charge is 0.315 e. The van der Waals surface area contributed by atoms with E-state index < -0.39 is 5.54 Å². The van der Waals surface area contributed by atoms with Crippen molar-refractivity contribution < 1.29 is 9.59 Å². The van der Waals surface area contributed by atoms with Gasteiger partial charge in [-0.05, 0) is 52.2 Å². The molecule has 0 spiro atoms. The number of unbranched alkanes of at least 4 members (excludes halogenated alkanes) is 3. The lowest BCUT2D eigenvalue weighted by molar-refractivity contribution is -0.121. The molecule has 0 aromatic heterocycles. The molecule has 3 N–H and O–H groups in total. The highest BCUT2D eigenvalue weighted by atomic mass is 32.2. The van der Waals surface area contributed by atoms with Crippen molar-refractivity contribution in [3.63, 3.8) is 0 Å². The summed E-state index contributed by atoms with van der Waals surface area (Å²) in [6, 6.07) is -0.297. The van der Waals surface area contributed by atoms with Crippen LogP contribution in [-0.4, -0.2) is 49.0 Å². The molecule has 21 heavy (non-hydrogen) atoms. The SMILES string of the molecule is CSCCCCCCNCCNC(=O)NC(C)(C)C(C)=O. The number of rotatable bonds is 12. The van der Waals surface area contributed by atoms with Crippen LogP contribution in [0.5, 0.6) is 0 Å². The summed E-state index contributed by atoms with van der Waals surface area (Å²) < 4.78 is 0. The number of urea groups is 1. The van der Waals surface area contributed by atoms with Crippen LogP contribution in [0.3, 0.4) is 0 Å². The monoisotopic (exact) mass is 317 g/mol. The van der Waals surface area contributed by atoms with Gasteiger partial charge in [0.1, 0.15) is 0 Å². The van der Waals surface area contributed by atoms with Crippen LogP contribution < -0.4 is 16.0 Å². The van der Waals surface area contributed by atoms with Gasteiger partial charge in [-0.15, -0.1) is 0 Å². The second-order valence-electron chi connectivity index (χ2n) is 5.72. The Bertz CT molecular complexity index is 309. The molecule has 6 heteroatoms. The maximum atomic E-state index is 11.6. The van der Waals surface area contributed by atoms with Crippen LogP contribution in [0.1, 0.15) is 46.5 Å². The van der Waals surface area contributed by atoms with Crippen molar-refractivity contribution >= 4 is 23.6 Å². The molecule has 0 aromatic rings. The zero-order valence-corrected chi connectivity index (χ0v) is 14.7. The Labute approximate surface area is 133 Å². The molecule has 0 aliphatic rings. The van der Waals surface area contributed by atoms with Gasteiger partial charge in [-0.3, -0.25) is 4.79 Å². The maximum absolute atomic E-state index is 11.6. The summed E-state index contributed by atoms with van der Waals surface area (Å²) in [5.41, 5.74) is -0.811. The zero-order valence-electron chi connectivity index (χ0n) is 13.9. The first-order valence-electron chi connectivity index (χ1n) is 7.67. The average molecular weight is 317 g/mol. The van der Waals surface area contributed by atoms with Gasteiger partial charge < -0.3 is 16.0 Å². The number of ketones is 1. The summed E-state index contributed by atoms with van der Waals surface area (Å²) in [4.78, 5) is 22.9. The Kier molecular flexibility index (Phi) is 11.4. The molecule has 2 amide bonds. The second kappa shape index (κ2) is 11.9. The summed E-state index contributed by atoms with van der Waals surface area (Å²) in [5.74, 6) is 1.19. The Hall–Kier alpha value is -0.750. The van der Waals surface area contributed by atoms with Crippen molar-refractivity contribution in [2.45, 2.75) is 52.0 Å². The number of carbonyl (C=O) groups is 2. The Morgan fingerprint density at radius 3 is 2.29 bits per heavy atom. The first-order chi connectivity index (χ1) is 9.90. The third-order valence-corrected chi connectivity index (χ3v) is 4.04. The van der Waals surface area contributed by atoms with E-state index in [0.29, 0.717) is 6.54 Å². The molecule has 0 heterocycles. The number of nitrogens with one attached hydrogen (secondary N) is 3. The Balaban J connectivity index is 3.43. The van der Waals surface area contributed by atoms with E-state index in [1.165, 1.54) is 38.4 Å². The summed E-state index contributed by atoms with van der Waals surface area (Å²) in [5, 5.41) is 8.70. The van der Waals surface area contributed by atoms with E-state index in [9.17, 15) is 9.59 Å². The number of hydrogen-bond donors (Lipinski definition) is 3. The number of amides is 2. The van der Waals surface area contributed by atoms with Crippen molar-refractivity contribution in [3.05, 3.63) is 0 Å². The van der Waals surface area contributed by atoms with E-state index in [0.717, 1.165) is 13.1 Å². The van der Waals surface area contributed by atoms with Gasteiger partial charge in [-0.2, -0.15) is 11.8 Å². The molecule has 0 aromatic carbocycles. The first-order valence-corrected chi connectivity index (χ1v) is 9.06. The highest BCUT2D eigenvalue weighted by Gasteiger charge is 2.25. The van der Waals surface area contributed by atoms with Gasteiger partial charge >= 0.3 is 6.03 Å². The number of carbonyl (C=O) groups excluding carboxylic acids is 2. The lowest BCUT2D eigenvalue weighted by Gasteiger charge is -2.23. The van der Waals surface area contributed by atoms with E-state index in [1.54, 1.807) is 13.8 Å². The molecule has 124 valence electrons. The van der Waals surface area contributed by atoms with Crippen LogP contribution in [-0.2, 0) is 4.79 Å². The predicted octanol–water partition coefficient (Wildman–Crippen LogP) is 2.17. The van der Waals surface area contributed by atoms with Crippen molar-refractivity contribution in [2.24, 2.45) is 0 Å². The summed E-state index contributed by atoms with van der Waals surface area (Å²) in [7, 11) is 0. The van der Waals surface area contributed by atoms with Gasteiger partial charge in [0.15, 0.2) is 5.78 Å². The standard InChI is InChI=1S/C15H31N3O2S/c1-13(19)15(2,3)18-14(20)17-11-10-16-9-7-5-6-8-12-21-4/h16H,5-12H2,1-4H3,(H2,17,18,20). The molecule has 0 bridgehead atoms. The van der Waals surface area contributed by atoms with Crippen LogP contribution in [0.15, 0.2) is 0 Å².